The number of nitrogens with one attached hydrogen (secondary N) is 1. The number of anilines is 2. The third-order valence-electron chi connectivity index (χ3n) is 8.42. The van der Waals surface area contributed by atoms with Crippen LogP contribution in [0.15, 0.2) is 66.9 Å². The smallest absolute Gasteiger partial charge is 0.126 e. The van der Waals surface area contributed by atoms with Crippen molar-refractivity contribution in [3.05, 3.63) is 78.0 Å². The highest BCUT2D eigenvalue weighted by Crippen LogP contribution is 2.36. The van der Waals surface area contributed by atoms with Gasteiger partial charge < -0.3 is 15.3 Å². The molecule has 2 N–H and O–H groups in total. The maximum absolute atomic E-state index is 10.5. The molecule has 3 aromatic rings. The molecule has 2 fully saturated rings. The molecule has 2 aliphatic rings. The van der Waals surface area contributed by atoms with Gasteiger partial charge in [0.05, 0.1) is 17.2 Å². The predicted octanol–water partition coefficient (Wildman–Crippen LogP) is 7.13. The van der Waals surface area contributed by atoms with E-state index in [1.54, 1.807) is 0 Å². The summed E-state index contributed by atoms with van der Waals surface area (Å²) in [6.07, 6.45) is 10.7. The molecule has 3 atom stereocenters. The van der Waals surface area contributed by atoms with E-state index < -0.39 is 5.60 Å². The zero-order valence-corrected chi connectivity index (χ0v) is 22.7. The molecule has 1 aliphatic carbocycles. The maximum atomic E-state index is 10.5. The van der Waals surface area contributed by atoms with Gasteiger partial charge in [-0.25, -0.2) is 4.98 Å². The molecule has 38 heavy (non-hydrogen) atoms. The Kier molecular flexibility index (Phi) is 8.00. The van der Waals surface area contributed by atoms with E-state index in [4.69, 9.17) is 5.26 Å². The third-order valence-corrected chi connectivity index (χ3v) is 8.42. The zero-order valence-electron chi connectivity index (χ0n) is 22.7. The van der Waals surface area contributed by atoms with E-state index in [0.29, 0.717) is 17.9 Å². The number of nitrogens with zero attached hydrogens (tertiary/aromatic N) is 3. The number of hydrogen-bond donors (Lipinski definition) is 2. The number of benzene rings is 2. The van der Waals surface area contributed by atoms with E-state index in [1.165, 1.54) is 50.6 Å². The summed E-state index contributed by atoms with van der Waals surface area (Å²) in [7, 11) is 0. The molecule has 0 radical (unpaired) electrons. The van der Waals surface area contributed by atoms with Gasteiger partial charge in [-0.05, 0) is 117 Å². The molecule has 5 rings (SSSR count). The van der Waals surface area contributed by atoms with E-state index >= 15 is 0 Å². The fraction of sp³-hybridized carbons (Fsp3) is 0.455. The van der Waals surface area contributed by atoms with Crippen molar-refractivity contribution in [1.82, 2.24) is 4.98 Å². The number of piperidine rings is 1. The van der Waals surface area contributed by atoms with E-state index in [0.717, 1.165) is 41.2 Å². The van der Waals surface area contributed by atoms with Crippen LogP contribution in [0.2, 0.25) is 0 Å². The Hall–Kier alpha value is -3.36. The van der Waals surface area contributed by atoms with E-state index in [-0.39, 0.29) is 0 Å². The number of pyridine rings is 1. The SMILES string of the molecule is CC(C)(O)c1cccc(-c2ccnc(N[C@@H]3CCCC[C@H]3C[C@H]3CCCN(c4ccc(C#N)cc4)C3)c2)c1. The molecule has 0 bridgehead atoms. The highest BCUT2D eigenvalue weighted by molar-refractivity contribution is 5.67. The molecular formula is C33H40N4O. The van der Waals surface area contributed by atoms with Crippen LogP contribution in [0.25, 0.3) is 11.1 Å². The van der Waals surface area contributed by atoms with Gasteiger partial charge in [-0.15, -0.1) is 0 Å². The van der Waals surface area contributed by atoms with Crippen LogP contribution in [-0.2, 0) is 5.60 Å². The predicted molar refractivity (Wildman–Crippen MR) is 155 cm³/mol. The second-order valence-electron chi connectivity index (χ2n) is 11.7. The first kappa shape index (κ1) is 26.3. The lowest BCUT2D eigenvalue weighted by Gasteiger charge is -2.39. The quantitative estimate of drug-likeness (QED) is 0.355. The van der Waals surface area contributed by atoms with Crippen LogP contribution in [0.1, 0.15) is 69.9 Å². The molecular weight excluding hydrogens is 468 g/mol. The Morgan fingerprint density at radius 3 is 2.58 bits per heavy atom. The summed E-state index contributed by atoms with van der Waals surface area (Å²) in [5.41, 5.74) is 4.22. The van der Waals surface area contributed by atoms with Gasteiger partial charge in [0, 0.05) is 31.0 Å². The van der Waals surface area contributed by atoms with Crippen LogP contribution in [0.4, 0.5) is 11.5 Å². The zero-order chi connectivity index (χ0) is 26.5. The van der Waals surface area contributed by atoms with Crippen LogP contribution >= 0.6 is 0 Å². The van der Waals surface area contributed by atoms with E-state index in [1.807, 2.05) is 50.4 Å². The first-order valence-corrected chi connectivity index (χ1v) is 14.2. The van der Waals surface area contributed by atoms with Gasteiger partial charge in [0.25, 0.3) is 0 Å². The molecule has 0 unspecified atom stereocenters. The average molecular weight is 509 g/mol. The molecule has 1 aliphatic heterocycles. The van der Waals surface area contributed by atoms with Gasteiger partial charge in [0.2, 0.25) is 0 Å². The van der Waals surface area contributed by atoms with Crippen molar-refractivity contribution in [3.63, 3.8) is 0 Å². The molecule has 2 aromatic carbocycles. The Labute approximate surface area is 227 Å². The van der Waals surface area contributed by atoms with Crippen LogP contribution in [-0.4, -0.2) is 29.2 Å². The molecule has 1 saturated carbocycles. The largest absolute Gasteiger partial charge is 0.386 e. The van der Waals surface area contributed by atoms with Crippen LogP contribution in [0.5, 0.6) is 0 Å². The monoisotopic (exact) mass is 508 g/mol. The average Bonchev–Trinajstić information content (AvgIpc) is 2.94. The second-order valence-corrected chi connectivity index (χ2v) is 11.7. The first-order valence-electron chi connectivity index (χ1n) is 14.2. The lowest BCUT2D eigenvalue weighted by atomic mass is 9.77. The third kappa shape index (κ3) is 6.37. The summed E-state index contributed by atoms with van der Waals surface area (Å²) in [6, 6.07) is 23.1. The molecule has 198 valence electrons. The van der Waals surface area contributed by atoms with Gasteiger partial charge in [-0.2, -0.15) is 5.26 Å². The van der Waals surface area contributed by atoms with Gasteiger partial charge in [-0.1, -0.05) is 31.0 Å². The minimum Gasteiger partial charge on any atom is -0.386 e. The summed E-state index contributed by atoms with van der Waals surface area (Å²) < 4.78 is 0. The van der Waals surface area contributed by atoms with Crippen LogP contribution in [0.3, 0.4) is 0 Å². The van der Waals surface area contributed by atoms with Gasteiger partial charge in [0.15, 0.2) is 0 Å². The Morgan fingerprint density at radius 1 is 1.00 bits per heavy atom. The highest BCUT2D eigenvalue weighted by Gasteiger charge is 2.30. The number of aliphatic hydroxyl groups is 1. The Bertz CT molecular complexity index is 1260. The fourth-order valence-electron chi connectivity index (χ4n) is 6.30. The van der Waals surface area contributed by atoms with Crippen molar-refractivity contribution in [3.8, 4) is 17.2 Å². The maximum Gasteiger partial charge on any atom is 0.126 e. The number of rotatable bonds is 7. The van der Waals surface area contributed by atoms with Crippen molar-refractivity contribution in [2.75, 3.05) is 23.3 Å². The summed E-state index contributed by atoms with van der Waals surface area (Å²) in [5, 5.41) is 23.4. The van der Waals surface area contributed by atoms with Crippen molar-refractivity contribution in [1.29, 1.82) is 5.26 Å². The topological polar surface area (TPSA) is 72.2 Å². The van der Waals surface area contributed by atoms with Crippen molar-refractivity contribution in [2.45, 2.75) is 70.4 Å². The fourth-order valence-corrected chi connectivity index (χ4v) is 6.30. The standard InChI is InChI=1S/C33H40N4O/c1-33(2,38)29-10-5-9-26(20-29)27-16-17-35-32(21-27)36-31-11-4-3-8-28(31)19-25-7-6-18-37(23-25)30-14-12-24(22-34)13-15-30/h5,9-10,12-17,20-21,25,28,31,38H,3-4,6-8,11,18-19,23H2,1-2H3,(H,35,36)/t25-,28+,31-/m1/s1. The summed E-state index contributed by atoms with van der Waals surface area (Å²) in [6.45, 7) is 5.84. The van der Waals surface area contributed by atoms with Crippen molar-refractivity contribution < 1.29 is 5.11 Å². The number of hydrogen-bond acceptors (Lipinski definition) is 5. The van der Waals surface area contributed by atoms with Gasteiger partial charge in [0.1, 0.15) is 5.82 Å². The lowest BCUT2D eigenvalue weighted by Crippen LogP contribution is -2.39. The van der Waals surface area contributed by atoms with Crippen LogP contribution in [0, 0.1) is 23.2 Å². The van der Waals surface area contributed by atoms with Gasteiger partial charge >= 0.3 is 0 Å². The van der Waals surface area contributed by atoms with Crippen molar-refractivity contribution >= 4 is 11.5 Å². The minimum atomic E-state index is -0.867. The molecule has 2 heterocycles. The molecule has 0 spiro atoms. The Morgan fingerprint density at radius 2 is 1.79 bits per heavy atom. The van der Waals surface area contributed by atoms with E-state index in [9.17, 15) is 5.11 Å². The summed E-state index contributed by atoms with van der Waals surface area (Å²) in [4.78, 5) is 7.19. The van der Waals surface area contributed by atoms with Gasteiger partial charge in [-0.3, -0.25) is 0 Å². The van der Waals surface area contributed by atoms with Crippen molar-refractivity contribution in [2.24, 2.45) is 11.8 Å². The molecule has 1 aromatic heterocycles. The summed E-state index contributed by atoms with van der Waals surface area (Å²) in [5.74, 6) is 2.28. The summed E-state index contributed by atoms with van der Waals surface area (Å²) >= 11 is 0. The minimum absolute atomic E-state index is 0.444. The second kappa shape index (κ2) is 11.6. The lowest BCUT2D eigenvalue weighted by molar-refractivity contribution is 0.0786. The van der Waals surface area contributed by atoms with E-state index in [2.05, 4.69) is 51.6 Å². The molecule has 0 amide bonds. The molecule has 5 heteroatoms. The molecule has 5 nitrogen and oxygen atoms in total. The first-order chi connectivity index (χ1) is 18.4. The number of nitriles is 1. The highest BCUT2D eigenvalue weighted by atomic mass is 16.3. The Balaban J connectivity index is 1.25. The van der Waals surface area contributed by atoms with Crippen LogP contribution < -0.4 is 10.2 Å². The normalized spacial score (nSPS) is 22.1. The number of aromatic nitrogens is 1. The molecule has 1 saturated heterocycles.